The normalized spacial score (nSPS) is 10.8. The molecule has 0 amide bonds. The van der Waals surface area contributed by atoms with Crippen molar-refractivity contribution >= 4 is 17.1 Å². The lowest BCUT2D eigenvalue weighted by atomic mass is 10.1. The van der Waals surface area contributed by atoms with Gasteiger partial charge >= 0.3 is 5.97 Å². The standard InChI is InChI=1S/C11H13N3O3/c1-4-17-9-7(11(15)16)6(2)13-10-8(9)12-5-14(10)3/h5H,4H2,1-3H3,(H,15,16). The zero-order valence-corrected chi connectivity index (χ0v) is 9.89. The molecule has 0 aliphatic carbocycles. The first-order chi connectivity index (χ1) is 8.06. The maximum atomic E-state index is 11.2. The van der Waals surface area contributed by atoms with Gasteiger partial charge in [0.2, 0.25) is 0 Å². The van der Waals surface area contributed by atoms with Gasteiger partial charge in [0.1, 0.15) is 5.56 Å². The van der Waals surface area contributed by atoms with Gasteiger partial charge in [-0.25, -0.2) is 14.8 Å². The number of imidazole rings is 1. The maximum absolute atomic E-state index is 11.2. The minimum absolute atomic E-state index is 0.0815. The highest BCUT2D eigenvalue weighted by molar-refractivity contribution is 5.98. The van der Waals surface area contributed by atoms with Crippen molar-refractivity contribution in [3.63, 3.8) is 0 Å². The lowest BCUT2D eigenvalue weighted by Crippen LogP contribution is -2.08. The molecule has 0 aliphatic rings. The van der Waals surface area contributed by atoms with Crippen LogP contribution in [0, 0.1) is 6.92 Å². The highest BCUT2D eigenvalue weighted by Gasteiger charge is 2.21. The smallest absolute Gasteiger partial charge is 0.341 e. The number of nitrogens with zero attached hydrogens (tertiary/aromatic N) is 3. The van der Waals surface area contributed by atoms with E-state index in [0.29, 0.717) is 29.2 Å². The van der Waals surface area contributed by atoms with Crippen LogP contribution in [0.5, 0.6) is 5.75 Å². The van der Waals surface area contributed by atoms with Crippen LogP contribution in [-0.2, 0) is 7.05 Å². The van der Waals surface area contributed by atoms with E-state index < -0.39 is 5.97 Å². The summed E-state index contributed by atoms with van der Waals surface area (Å²) in [7, 11) is 1.80. The Hall–Kier alpha value is -2.11. The lowest BCUT2D eigenvalue weighted by molar-refractivity contribution is 0.0691. The van der Waals surface area contributed by atoms with Crippen LogP contribution < -0.4 is 4.74 Å². The van der Waals surface area contributed by atoms with E-state index in [1.807, 2.05) is 0 Å². The molecular formula is C11H13N3O3. The van der Waals surface area contributed by atoms with E-state index in [0.717, 1.165) is 0 Å². The van der Waals surface area contributed by atoms with Gasteiger partial charge in [0.15, 0.2) is 16.9 Å². The quantitative estimate of drug-likeness (QED) is 0.869. The number of pyridine rings is 1. The Kier molecular flexibility index (Phi) is 2.71. The molecule has 0 unspecified atom stereocenters. The number of hydrogen-bond acceptors (Lipinski definition) is 4. The molecule has 0 fully saturated rings. The number of aryl methyl sites for hydroxylation is 2. The summed E-state index contributed by atoms with van der Waals surface area (Å²) in [4.78, 5) is 19.6. The summed E-state index contributed by atoms with van der Waals surface area (Å²) in [5.74, 6) is -0.755. The molecule has 1 N–H and O–H groups in total. The fourth-order valence-electron chi connectivity index (χ4n) is 1.75. The highest BCUT2D eigenvalue weighted by atomic mass is 16.5. The number of ether oxygens (including phenoxy) is 1. The first-order valence-electron chi connectivity index (χ1n) is 5.24. The predicted octanol–water partition coefficient (Wildman–Crippen LogP) is 1.37. The summed E-state index contributed by atoms with van der Waals surface area (Å²) in [5, 5.41) is 9.18. The fraction of sp³-hybridized carbons (Fsp3) is 0.364. The largest absolute Gasteiger partial charge is 0.490 e. The molecule has 0 aliphatic heterocycles. The van der Waals surface area contributed by atoms with E-state index in [1.54, 1.807) is 31.8 Å². The number of carboxylic acids is 1. The van der Waals surface area contributed by atoms with Crippen LogP contribution >= 0.6 is 0 Å². The Labute approximate surface area is 97.9 Å². The van der Waals surface area contributed by atoms with E-state index in [-0.39, 0.29) is 5.56 Å². The van der Waals surface area contributed by atoms with Gasteiger partial charge in [0.25, 0.3) is 0 Å². The van der Waals surface area contributed by atoms with E-state index in [9.17, 15) is 9.90 Å². The van der Waals surface area contributed by atoms with Crippen LogP contribution in [0.4, 0.5) is 0 Å². The number of carboxylic acid groups (broad SMARTS) is 1. The first kappa shape index (κ1) is 11.4. The summed E-state index contributed by atoms with van der Waals surface area (Å²) in [6.07, 6.45) is 1.59. The van der Waals surface area contributed by atoms with Crippen LogP contribution in [0.1, 0.15) is 23.0 Å². The third kappa shape index (κ3) is 1.71. The van der Waals surface area contributed by atoms with E-state index in [2.05, 4.69) is 9.97 Å². The van der Waals surface area contributed by atoms with Crippen molar-refractivity contribution in [1.29, 1.82) is 0 Å². The van der Waals surface area contributed by atoms with Crippen molar-refractivity contribution in [2.45, 2.75) is 13.8 Å². The van der Waals surface area contributed by atoms with E-state index in [1.165, 1.54) is 0 Å². The van der Waals surface area contributed by atoms with Crippen LogP contribution in [0.25, 0.3) is 11.2 Å². The third-order valence-corrected chi connectivity index (χ3v) is 2.49. The number of aromatic nitrogens is 3. The molecule has 0 atom stereocenters. The zero-order chi connectivity index (χ0) is 12.6. The number of carbonyl (C=O) groups is 1. The molecule has 0 saturated carbocycles. The Morgan fingerprint density at radius 3 is 2.88 bits per heavy atom. The molecule has 90 valence electrons. The molecule has 6 nitrogen and oxygen atoms in total. The van der Waals surface area contributed by atoms with Crippen LogP contribution in [-0.4, -0.2) is 32.2 Å². The van der Waals surface area contributed by atoms with E-state index in [4.69, 9.17) is 4.74 Å². The van der Waals surface area contributed by atoms with Gasteiger partial charge < -0.3 is 14.4 Å². The molecule has 2 aromatic rings. The maximum Gasteiger partial charge on any atom is 0.341 e. The SMILES string of the molecule is CCOc1c(C(=O)O)c(C)nc2c1ncn2C. The molecule has 17 heavy (non-hydrogen) atoms. The molecule has 2 heterocycles. The van der Waals surface area contributed by atoms with Gasteiger partial charge in [-0.3, -0.25) is 0 Å². The number of rotatable bonds is 3. The second-order valence-electron chi connectivity index (χ2n) is 3.67. The second kappa shape index (κ2) is 4.04. The van der Waals surface area contributed by atoms with E-state index >= 15 is 0 Å². The zero-order valence-electron chi connectivity index (χ0n) is 9.89. The van der Waals surface area contributed by atoms with Crippen molar-refractivity contribution < 1.29 is 14.6 Å². The van der Waals surface area contributed by atoms with Gasteiger partial charge in [0, 0.05) is 7.05 Å². The van der Waals surface area contributed by atoms with Crippen molar-refractivity contribution in [3.8, 4) is 5.75 Å². The van der Waals surface area contributed by atoms with Crippen molar-refractivity contribution in [2.75, 3.05) is 6.61 Å². The van der Waals surface area contributed by atoms with Crippen molar-refractivity contribution in [1.82, 2.24) is 14.5 Å². The number of aromatic carboxylic acids is 1. The average molecular weight is 235 g/mol. The minimum Gasteiger partial charge on any atom is -0.490 e. The summed E-state index contributed by atoms with van der Waals surface area (Å²) in [6.45, 7) is 3.84. The van der Waals surface area contributed by atoms with Gasteiger partial charge in [-0.2, -0.15) is 0 Å². The Bertz CT molecular complexity index is 589. The lowest BCUT2D eigenvalue weighted by Gasteiger charge is -2.10. The topological polar surface area (TPSA) is 77.2 Å². The van der Waals surface area contributed by atoms with Crippen LogP contribution in [0.15, 0.2) is 6.33 Å². The molecule has 0 bridgehead atoms. The summed E-state index contributed by atoms with van der Waals surface area (Å²) >= 11 is 0. The van der Waals surface area contributed by atoms with Crippen LogP contribution in [0.2, 0.25) is 0 Å². The van der Waals surface area contributed by atoms with Crippen molar-refractivity contribution in [2.24, 2.45) is 7.05 Å². The second-order valence-corrected chi connectivity index (χ2v) is 3.67. The predicted molar refractivity (Wildman–Crippen MR) is 61.4 cm³/mol. The minimum atomic E-state index is -1.05. The molecule has 0 aromatic carbocycles. The number of hydrogen-bond donors (Lipinski definition) is 1. The van der Waals surface area contributed by atoms with Gasteiger partial charge in [0.05, 0.1) is 18.6 Å². The first-order valence-corrected chi connectivity index (χ1v) is 5.24. The van der Waals surface area contributed by atoms with Gasteiger partial charge in [-0.15, -0.1) is 0 Å². The summed E-state index contributed by atoms with van der Waals surface area (Å²) < 4.78 is 7.14. The summed E-state index contributed by atoms with van der Waals surface area (Å²) in [5.41, 5.74) is 1.61. The highest BCUT2D eigenvalue weighted by Crippen LogP contribution is 2.29. The Balaban J connectivity index is 2.84. The monoisotopic (exact) mass is 235 g/mol. The average Bonchev–Trinajstić information content (AvgIpc) is 2.60. The Morgan fingerprint density at radius 2 is 2.29 bits per heavy atom. The fourth-order valence-corrected chi connectivity index (χ4v) is 1.75. The molecule has 0 radical (unpaired) electrons. The molecule has 2 rings (SSSR count). The Morgan fingerprint density at radius 1 is 1.59 bits per heavy atom. The number of fused-ring (bicyclic) bond motifs is 1. The molecule has 0 saturated heterocycles. The molecular weight excluding hydrogens is 222 g/mol. The molecule has 6 heteroatoms. The van der Waals surface area contributed by atoms with Crippen LogP contribution in [0.3, 0.4) is 0 Å². The van der Waals surface area contributed by atoms with Crippen molar-refractivity contribution in [3.05, 3.63) is 17.6 Å². The molecule has 0 spiro atoms. The third-order valence-electron chi connectivity index (χ3n) is 2.49. The molecule has 2 aromatic heterocycles. The van der Waals surface area contributed by atoms with Gasteiger partial charge in [-0.05, 0) is 13.8 Å². The summed E-state index contributed by atoms with van der Waals surface area (Å²) in [6, 6.07) is 0. The van der Waals surface area contributed by atoms with Gasteiger partial charge in [-0.1, -0.05) is 0 Å².